The average Bonchev–Trinajstić information content (AvgIpc) is 3.20. The number of thiophene rings is 1. The molecule has 2 aliphatic rings. The Bertz CT molecular complexity index is 793. The molecule has 3 heterocycles. The van der Waals surface area contributed by atoms with E-state index in [1.54, 1.807) is 17.0 Å². The quantitative estimate of drug-likeness (QED) is 0.796. The van der Waals surface area contributed by atoms with Crippen molar-refractivity contribution < 1.29 is 18.7 Å². The minimum Gasteiger partial charge on any atom is -0.447 e. The van der Waals surface area contributed by atoms with E-state index in [1.165, 1.54) is 28.4 Å². The van der Waals surface area contributed by atoms with Gasteiger partial charge in [0.1, 0.15) is 12.4 Å². The van der Waals surface area contributed by atoms with E-state index < -0.39 is 11.9 Å². The number of benzene rings is 1. The van der Waals surface area contributed by atoms with Crippen molar-refractivity contribution in [2.24, 2.45) is 0 Å². The Morgan fingerprint density at radius 3 is 3.00 bits per heavy atom. The lowest BCUT2D eigenvalue weighted by molar-refractivity contribution is 0.0739. The largest absolute Gasteiger partial charge is 0.447 e. The summed E-state index contributed by atoms with van der Waals surface area (Å²) in [5, 5.41) is 1.87. The van der Waals surface area contributed by atoms with Crippen molar-refractivity contribution in [3.8, 4) is 0 Å². The predicted octanol–water partition coefficient (Wildman–Crippen LogP) is 3.26. The van der Waals surface area contributed by atoms with Crippen LogP contribution in [0.25, 0.3) is 0 Å². The first-order valence-electron chi connectivity index (χ1n) is 7.70. The summed E-state index contributed by atoms with van der Waals surface area (Å²) in [6, 6.07) is 7.78. The highest BCUT2D eigenvalue weighted by Crippen LogP contribution is 2.32. The van der Waals surface area contributed by atoms with E-state index in [1.807, 2.05) is 11.4 Å². The number of ether oxygens (including phenoxy) is 1. The number of fused-ring (bicyclic) bond motifs is 3. The molecule has 0 N–H and O–H groups in total. The van der Waals surface area contributed by atoms with Crippen LogP contribution in [0.3, 0.4) is 0 Å². The second-order valence-electron chi connectivity index (χ2n) is 5.87. The molecule has 1 saturated heterocycles. The van der Waals surface area contributed by atoms with Crippen molar-refractivity contribution in [1.82, 2.24) is 4.90 Å². The second-order valence-corrected chi connectivity index (χ2v) is 6.81. The molecule has 0 radical (unpaired) electrons. The molecule has 1 fully saturated rings. The Morgan fingerprint density at radius 1 is 1.33 bits per heavy atom. The van der Waals surface area contributed by atoms with E-state index >= 15 is 0 Å². The topological polar surface area (TPSA) is 49.9 Å². The summed E-state index contributed by atoms with van der Waals surface area (Å²) in [6.07, 6.45) is 0.142. The van der Waals surface area contributed by atoms with E-state index in [0.717, 1.165) is 5.56 Å². The maximum atomic E-state index is 13.7. The van der Waals surface area contributed by atoms with Gasteiger partial charge in [0.05, 0.1) is 16.6 Å². The first-order chi connectivity index (χ1) is 11.6. The van der Waals surface area contributed by atoms with Crippen molar-refractivity contribution in [2.45, 2.75) is 19.0 Å². The standard InChI is InChI=1S/C17H15FN2O3S/c18-12-4-3-11-9-19(16(21)15-2-1-7-24-15)6-5-13-10-23-17(22)20(13)14(11)8-12/h1-4,7-8,13H,5-6,9-10H2/t13-/m0/s1. The summed E-state index contributed by atoms with van der Waals surface area (Å²) in [4.78, 5) is 28.7. The van der Waals surface area contributed by atoms with Crippen LogP contribution in [-0.4, -0.2) is 36.1 Å². The highest BCUT2D eigenvalue weighted by Gasteiger charge is 2.38. The highest BCUT2D eigenvalue weighted by atomic mass is 32.1. The SMILES string of the molecule is O=C(c1cccs1)N1CC[C@H]2COC(=O)N2c2cc(F)ccc2C1. The van der Waals surface area contributed by atoms with Crippen molar-refractivity contribution in [1.29, 1.82) is 0 Å². The lowest BCUT2D eigenvalue weighted by atomic mass is 10.0. The summed E-state index contributed by atoms with van der Waals surface area (Å²) < 4.78 is 18.9. The number of halogens is 1. The number of carbonyl (C=O) groups is 2. The van der Waals surface area contributed by atoms with Crippen molar-refractivity contribution in [2.75, 3.05) is 18.1 Å². The van der Waals surface area contributed by atoms with Crippen LogP contribution in [0.15, 0.2) is 35.7 Å². The smallest absolute Gasteiger partial charge is 0.414 e. The fourth-order valence-electron chi connectivity index (χ4n) is 3.18. The van der Waals surface area contributed by atoms with Gasteiger partial charge in [0.2, 0.25) is 0 Å². The van der Waals surface area contributed by atoms with Crippen LogP contribution in [0.1, 0.15) is 21.7 Å². The molecule has 5 nitrogen and oxygen atoms in total. The molecule has 0 unspecified atom stereocenters. The lowest BCUT2D eigenvalue weighted by Crippen LogP contribution is -2.42. The minimum absolute atomic E-state index is 0.0426. The number of rotatable bonds is 1. The monoisotopic (exact) mass is 346 g/mol. The number of hydrogen-bond donors (Lipinski definition) is 0. The fraction of sp³-hybridized carbons (Fsp3) is 0.294. The summed E-state index contributed by atoms with van der Waals surface area (Å²) in [6.45, 7) is 1.12. The van der Waals surface area contributed by atoms with Crippen LogP contribution in [0.4, 0.5) is 14.9 Å². The number of carbonyl (C=O) groups excluding carboxylic acids is 2. The van der Waals surface area contributed by atoms with Crippen LogP contribution in [-0.2, 0) is 11.3 Å². The van der Waals surface area contributed by atoms with E-state index in [2.05, 4.69) is 0 Å². The molecule has 1 aromatic heterocycles. The van der Waals surface area contributed by atoms with Gasteiger partial charge >= 0.3 is 6.09 Å². The van der Waals surface area contributed by atoms with Gasteiger partial charge in [-0.2, -0.15) is 0 Å². The normalized spacial score (nSPS) is 20.0. The second kappa shape index (κ2) is 5.90. The molecule has 24 heavy (non-hydrogen) atoms. The van der Waals surface area contributed by atoms with Gasteiger partial charge in [-0.05, 0) is 35.6 Å². The molecule has 0 saturated carbocycles. The van der Waals surface area contributed by atoms with Gasteiger partial charge in [-0.25, -0.2) is 9.18 Å². The Balaban J connectivity index is 1.73. The van der Waals surface area contributed by atoms with Crippen LogP contribution >= 0.6 is 11.3 Å². The van der Waals surface area contributed by atoms with Crippen LogP contribution < -0.4 is 4.90 Å². The fourth-order valence-corrected chi connectivity index (χ4v) is 3.87. The Morgan fingerprint density at radius 2 is 2.21 bits per heavy atom. The first kappa shape index (κ1) is 15.1. The average molecular weight is 346 g/mol. The number of cyclic esters (lactones) is 1. The van der Waals surface area contributed by atoms with E-state index in [9.17, 15) is 14.0 Å². The maximum absolute atomic E-state index is 13.7. The Kier molecular flexibility index (Phi) is 3.72. The first-order valence-corrected chi connectivity index (χ1v) is 8.58. The molecule has 2 aromatic rings. The molecular formula is C17H15FN2O3S. The molecule has 0 spiro atoms. The molecule has 1 aromatic carbocycles. The molecular weight excluding hydrogens is 331 g/mol. The van der Waals surface area contributed by atoms with Crippen LogP contribution in [0.5, 0.6) is 0 Å². The van der Waals surface area contributed by atoms with Crippen molar-refractivity contribution >= 4 is 29.0 Å². The zero-order valence-electron chi connectivity index (χ0n) is 12.8. The predicted molar refractivity (Wildman–Crippen MR) is 87.7 cm³/mol. The van der Waals surface area contributed by atoms with Crippen molar-refractivity contribution in [3.05, 3.63) is 52.0 Å². The molecule has 2 amide bonds. The van der Waals surface area contributed by atoms with Gasteiger partial charge in [-0.15, -0.1) is 11.3 Å². The third-order valence-corrected chi connectivity index (χ3v) is 5.24. The molecule has 2 aliphatic heterocycles. The number of anilines is 1. The van der Waals surface area contributed by atoms with Gasteiger partial charge in [-0.3, -0.25) is 9.69 Å². The summed E-state index contributed by atoms with van der Waals surface area (Å²) in [5.74, 6) is -0.456. The highest BCUT2D eigenvalue weighted by molar-refractivity contribution is 7.12. The molecule has 124 valence electrons. The van der Waals surface area contributed by atoms with Gasteiger partial charge in [-0.1, -0.05) is 12.1 Å². The minimum atomic E-state index is -0.454. The van der Waals surface area contributed by atoms with E-state index in [0.29, 0.717) is 30.1 Å². The molecule has 0 bridgehead atoms. The third-order valence-electron chi connectivity index (χ3n) is 4.38. The zero-order valence-corrected chi connectivity index (χ0v) is 13.6. The number of amides is 2. The molecule has 7 heteroatoms. The number of nitrogens with zero attached hydrogens (tertiary/aromatic N) is 2. The van der Waals surface area contributed by atoms with E-state index in [4.69, 9.17) is 4.74 Å². The van der Waals surface area contributed by atoms with Crippen molar-refractivity contribution in [3.63, 3.8) is 0 Å². The maximum Gasteiger partial charge on any atom is 0.414 e. The lowest BCUT2D eigenvalue weighted by Gasteiger charge is -2.32. The summed E-state index contributed by atoms with van der Waals surface area (Å²) in [5.41, 5.74) is 1.23. The number of hydrogen-bond acceptors (Lipinski definition) is 4. The zero-order chi connectivity index (χ0) is 16.7. The van der Waals surface area contributed by atoms with Gasteiger partial charge in [0.25, 0.3) is 5.91 Å². The van der Waals surface area contributed by atoms with Gasteiger partial charge in [0, 0.05) is 13.1 Å². The van der Waals surface area contributed by atoms with Crippen LogP contribution in [0, 0.1) is 5.82 Å². The summed E-state index contributed by atoms with van der Waals surface area (Å²) >= 11 is 1.40. The molecule has 1 atom stereocenters. The summed E-state index contributed by atoms with van der Waals surface area (Å²) in [7, 11) is 0. The van der Waals surface area contributed by atoms with E-state index in [-0.39, 0.29) is 18.6 Å². The van der Waals surface area contributed by atoms with Gasteiger partial charge < -0.3 is 9.64 Å². The Labute approximate surface area is 142 Å². The third kappa shape index (κ3) is 2.54. The van der Waals surface area contributed by atoms with Crippen LogP contribution in [0.2, 0.25) is 0 Å². The Hall–Kier alpha value is -2.41. The van der Waals surface area contributed by atoms with Gasteiger partial charge in [0.15, 0.2) is 0 Å². The molecule has 4 rings (SSSR count). The molecule has 0 aliphatic carbocycles.